The number of nitrogens with one attached hydrogen (secondary N) is 1. The number of carbonyl (C=O) groups excluding carboxylic acids is 1. The van der Waals surface area contributed by atoms with Gasteiger partial charge in [0.25, 0.3) is 0 Å². The molecule has 0 saturated carbocycles. The Bertz CT molecular complexity index is 420. The lowest BCUT2D eigenvalue weighted by molar-refractivity contribution is -0.142. The predicted molar refractivity (Wildman–Crippen MR) is 72.6 cm³/mol. The molecule has 0 aromatic heterocycles. The van der Waals surface area contributed by atoms with Crippen molar-refractivity contribution in [3.63, 3.8) is 0 Å². The maximum absolute atomic E-state index is 11.3. The Morgan fingerprint density at radius 1 is 1.26 bits per heavy atom. The zero-order valence-electron chi connectivity index (χ0n) is 11.9. The highest BCUT2D eigenvalue weighted by Gasteiger charge is 2.11. The highest BCUT2D eigenvalue weighted by molar-refractivity contribution is 5.71. The van der Waals surface area contributed by atoms with Crippen molar-refractivity contribution in [2.75, 3.05) is 27.4 Å². The van der Waals surface area contributed by atoms with E-state index in [1.807, 2.05) is 25.1 Å². The predicted octanol–water partition coefficient (Wildman–Crippen LogP) is 1.92. The maximum atomic E-state index is 11.3. The minimum atomic E-state index is -0.255. The van der Waals surface area contributed by atoms with Crippen molar-refractivity contribution in [3.05, 3.63) is 23.8 Å². The van der Waals surface area contributed by atoms with Crippen LogP contribution < -0.4 is 14.8 Å². The van der Waals surface area contributed by atoms with Gasteiger partial charge in [-0.3, -0.25) is 4.79 Å². The Hall–Kier alpha value is -1.75. The van der Waals surface area contributed by atoms with Crippen molar-refractivity contribution >= 4 is 5.97 Å². The van der Waals surface area contributed by atoms with Gasteiger partial charge in [-0.1, -0.05) is 6.07 Å². The molecule has 0 heterocycles. The van der Waals surface area contributed by atoms with Crippen LogP contribution in [0.25, 0.3) is 0 Å². The second-order valence-electron chi connectivity index (χ2n) is 4.02. The average molecular weight is 267 g/mol. The van der Waals surface area contributed by atoms with E-state index < -0.39 is 0 Å². The van der Waals surface area contributed by atoms with Gasteiger partial charge < -0.3 is 19.5 Å². The number of carbonyl (C=O) groups is 1. The molecule has 0 bridgehead atoms. The first-order valence-corrected chi connectivity index (χ1v) is 6.23. The smallest absolute Gasteiger partial charge is 0.319 e. The van der Waals surface area contributed by atoms with E-state index in [1.165, 1.54) is 0 Å². The van der Waals surface area contributed by atoms with Crippen molar-refractivity contribution in [3.8, 4) is 11.5 Å². The van der Waals surface area contributed by atoms with Crippen LogP contribution in [0.1, 0.15) is 25.5 Å². The largest absolute Gasteiger partial charge is 0.493 e. The summed E-state index contributed by atoms with van der Waals surface area (Å²) in [6, 6.07) is 5.69. The van der Waals surface area contributed by atoms with Gasteiger partial charge in [0, 0.05) is 6.04 Å². The normalized spacial score (nSPS) is 11.8. The highest BCUT2D eigenvalue weighted by Crippen LogP contribution is 2.29. The third-order valence-electron chi connectivity index (χ3n) is 2.77. The zero-order chi connectivity index (χ0) is 14.3. The number of benzene rings is 1. The zero-order valence-corrected chi connectivity index (χ0v) is 11.9. The molecular formula is C14H21NO4. The van der Waals surface area contributed by atoms with Gasteiger partial charge in [0.2, 0.25) is 0 Å². The van der Waals surface area contributed by atoms with Crippen molar-refractivity contribution < 1.29 is 19.0 Å². The number of hydrogen-bond acceptors (Lipinski definition) is 5. The molecule has 1 unspecified atom stereocenters. The van der Waals surface area contributed by atoms with Gasteiger partial charge in [-0.15, -0.1) is 0 Å². The molecule has 0 spiro atoms. The molecule has 1 rings (SSSR count). The van der Waals surface area contributed by atoms with E-state index >= 15 is 0 Å². The molecule has 1 aromatic rings. The lowest BCUT2D eigenvalue weighted by Crippen LogP contribution is -2.27. The first-order chi connectivity index (χ1) is 9.12. The third-order valence-corrected chi connectivity index (χ3v) is 2.77. The summed E-state index contributed by atoms with van der Waals surface area (Å²) in [7, 11) is 3.19. The molecule has 0 aliphatic rings. The highest BCUT2D eigenvalue weighted by atomic mass is 16.5. The molecule has 0 radical (unpaired) electrons. The van der Waals surface area contributed by atoms with Crippen LogP contribution in [0.15, 0.2) is 18.2 Å². The number of methoxy groups -OCH3 is 2. The third kappa shape index (κ3) is 4.44. The van der Waals surface area contributed by atoms with Crippen LogP contribution in [0.4, 0.5) is 0 Å². The van der Waals surface area contributed by atoms with Crippen molar-refractivity contribution in [2.45, 2.75) is 19.9 Å². The second kappa shape index (κ2) is 7.63. The van der Waals surface area contributed by atoms with E-state index in [4.69, 9.17) is 14.2 Å². The fourth-order valence-corrected chi connectivity index (χ4v) is 1.69. The van der Waals surface area contributed by atoms with Gasteiger partial charge in [0.1, 0.15) is 0 Å². The van der Waals surface area contributed by atoms with E-state index in [2.05, 4.69) is 5.32 Å². The van der Waals surface area contributed by atoms with Gasteiger partial charge in [-0.2, -0.15) is 0 Å². The van der Waals surface area contributed by atoms with Crippen LogP contribution in [0.3, 0.4) is 0 Å². The average Bonchev–Trinajstić information content (AvgIpc) is 2.44. The van der Waals surface area contributed by atoms with Crippen LogP contribution >= 0.6 is 0 Å². The molecular weight excluding hydrogens is 246 g/mol. The van der Waals surface area contributed by atoms with Gasteiger partial charge in [0.05, 0.1) is 27.4 Å². The number of rotatable bonds is 7. The van der Waals surface area contributed by atoms with Crippen LogP contribution in [0.2, 0.25) is 0 Å². The lowest BCUT2D eigenvalue weighted by Gasteiger charge is -2.16. The molecule has 1 atom stereocenters. The molecule has 0 amide bonds. The van der Waals surface area contributed by atoms with E-state index in [0.717, 1.165) is 5.56 Å². The van der Waals surface area contributed by atoms with Gasteiger partial charge >= 0.3 is 5.97 Å². The van der Waals surface area contributed by atoms with E-state index in [9.17, 15) is 4.79 Å². The fraction of sp³-hybridized carbons (Fsp3) is 0.500. The van der Waals surface area contributed by atoms with Crippen LogP contribution in [0, 0.1) is 0 Å². The van der Waals surface area contributed by atoms with Crippen molar-refractivity contribution in [2.24, 2.45) is 0 Å². The Morgan fingerprint density at radius 2 is 1.95 bits per heavy atom. The molecule has 0 fully saturated rings. The van der Waals surface area contributed by atoms with Crippen LogP contribution in [0.5, 0.6) is 11.5 Å². The van der Waals surface area contributed by atoms with Crippen molar-refractivity contribution in [1.82, 2.24) is 5.32 Å². The van der Waals surface area contributed by atoms with Crippen LogP contribution in [-0.2, 0) is 9.53 Å². The number of hydrogen-bond donors (Lipinski definition) is 1. The fourth-order valence-electron chi connectivity index (χ4n) is 1.69. The minimum absolute atomic E-state index is 0.0178. The Balaban J connectivity index is 2.66. The molecule has 19 heavy (non-hydrogen) atoms. The molecule has 0 saturated heterocycles. The quantitative estimate of drug-likeness (QED) is 0.765. The summed E-state index contributed by atoms with van der Waals surface area (Å²) < 4.78 is 15.3. The molecule has 0 aliphatic heterocycles. The standard InChI is InChI=1S/C14H21NO4/c1-5-19-14(16)9-15-10(2)11-6-7-12(17-3)13(8-11)18-4/h6-8,10,15H,5,9H2,1-4H3. The minimum Gasteiger partial charge on any atom is -0.493 e. The Kier molecular flexibility index (Phi) is 6.15. The molecule has 5 heteroatoms. The van der Waals surface area contributed by atoms with Gasteiger partial charge in [0.15, 0.2) is 11.5 Å². The number of esters is 1. The van der Waals surface area contributed by atoms with Crippen LogP contribution in [-0.4, -0.2) is 33.3 Å². The Labute approximate surface area is 113 Å². The van der Waals surface area contributed by atoms with Gasteiger partial charge in [-0.25, -0.2) is 0 Å². The summed E-state index contributed by atoms with van der Waals surface area (Å²) in [5.41, 5.74) is 1.02. The summed E-state index contributed by atoms with van der Waals surface area (Å²) in [5.74, 6) is 1.10. The lowest BCUT2D eigenvalue weighted by atomic mass is 10.1. The van der Waals surface area contributed by atoms with Gasteiger partial charge in [-0.05, 0) is 31.5 Å². The summed E-state index contributed by atoms with van der Waals surface area (Å²) in [5, 5.41) is 3.10. The summed E-state index contributed by atoms with van der Waals surface area (Å²) >= 11 is 0. The maximum Gasteiger partial charge on any atom is 0.319 e. The Morgan fingerprint density at radius 3 is 2.53 bits per heavy atom. The molecule has 1 aromatic carbocycles. The van der Waals surface area contributed by atoms with Crippen molar-refractivity contribution in [1.29, 1.82) is 0 Å². The molecule has 1 N–H and O–H groups in total. The molecule has 0 aliphatic carbocycles. The number of ether oxygens (including phenoxy) is 3. The van der Waals surface area contributed by atoms with E-state index in [-0.39, 0.29) is 18.6 Å². The molecule has 5 nitrogen and oxygen atoms in total. The first-order valence-electron chi connectivity index (χ1n) is 6.23. The SMILES string of the molecule is CCOC(=O)CNC(C)c1ccc(OC)c(OC)c1. The summed E-state index contributed by atoms with van der Waals surface area (Å²) in [4.78, 5) is 11.3. The summed E-state index contributed by atoms with van der Waals surface area (Å²) in [6.07, 6.45) is 0. The molecule has 106 valence electrons. The topological polar surface area (TPSA) is 56.8 Å². The monoisotopic (exact) mass is 267 g/mol. The second-order valence-corrected chi connectivity index (χ2v) is 4.02. The summed E-state index contributed by atoms with van der Waals surface area (Å²) in [6.45, 7) is 4.34. The first kappa shape index (κ1) is 15.3. The van der Waals surface area contributed by atoms with E-state index in [0.29, 0.717) is 18.1 Å². The van der Waals surface area contributed by atoms with E-state index in [1.54, 1.807) is 21.1 Å².